The molecule has 13 heteroatoms. The summed E-state index contributed by atoms with van der Waals surface area (Å²) in [5, 5.41) is 21.9. The summed E-state index contributed by atoms with van der Waals surface area (Å²) in [5.74, 6) is -0.0367. The van der Waals surface area contributed by atoms with Crippen molar-refractivity contribution < 1.29 is 22.6 Å². The largest absolute Gasteiger partial charge is 0.290 e. The van der Waals surface area contributed by atoms with Gasteiger partial charge in [-0.25, -0.2) is 18.9 Å². The number of aromatic nitrogens is 2. The lowest BCUT2D eigenvalue weighted by atomic mass is 9.83. The Balaban J connectivity index is 1.71. The summed E-state index contributed by atoms with van der Waals surface area (Å²) in [6, 6.07) is 4.15. The van der Waals surface area contributed by atoms with Gasteiger partial charge in [-0.1, -0.05) is 17.8 Å². The fourth-order valence-electron chi connectivity index (χ4n) is 2.41. The number of hydroxylamine groups is 1. The zero-order chi connectivity index (χ0) is 18.7. The fraction of sp³-hybridized carbons (Fsp3) is 0.308. The average molecular weight is 402 g/mol. The first-order chi connectivity index (χ1) is 12.4. The first-order valence-corrected chi connectivity index (χ1v) is 9.90. The second-order valence-corrected chi connectivity index (χ2v) is 7.82. The second kappa shape index (κ2) is 7.67. The predicted molar refractivity (Wildman–Crippen MR) is 90.4 cm³/mol. The van der Waals surface area contributed by atoms with Crippen LogP contribution >= 0.6 is 11.8 Å². The Hall–Kier alpha value is -2.06. The molecule has 1 aromatic heterocycles. The number of halogens is 1. The number of nitrogens with one attached hydrogen (secondary N) is 2. The Kier molecular flexibility index (Phi) is 5.52. The molecule has 0 bridgehead atoms. The normalized spacial score (nSPS) is 16.9. The molecule has 0 saturated heterocycles. The van der Waals surface area contributed by atoms with E-state index in [1.807, 2.05) is 5.48 Å². The van der Waals surface area contributed by atoms with Crippen LogP contribution in [0.4, 0.5) is 4.39 Å². The quantitative estimate of drug-likeness (QED) is 0.167. The van der Waals surface area contributed by atoms with Gasteiger partial charge in [-0.15, -0.1) is 0 Å². The van der Waals surface area contributed by atoms with Crippen molar-refractivity contribution in [3.05, 3.63) is 40.8 Å². The molecular weight excluding hydrogens is 387 g/mol. The fourth-order valence-corrected chi connectivity index (χ4v) is 3.68. The van der Waals surface area contributed by atoms with Gasteiger partial charge in [0.25, 0.3) is 10.2 Å². The highest BCUT2D eigenvalue weighted by molar-refractivity contribution is 7.99. The molecule has 10 nitrogen and oxygen atoms in total. The van der Waals surface area contributed by atoms with Crippen LogP contribution in [0.3, 0.4) is 0 Å². The Morgan fingerprint density at radius 2 is 2.31 bits per heavy atom. The van der Waals surface area contributed by atoms with E-state index < -0.39 is 10.2 Å². The van der Waals surface area contributed by atoms with E-state index in [0.717, 1.165) is 22.9 Å². The maximum absolute atomic E-state index is 13.4. The number of rotatable bonds is 7. The standard InChI is InChI=1S/C13H15FN6O4S2/c14-8-2-1-7-5-10(9(7)6-8)17-12(18-21)11-13(20-24-19-11)25-4-3-16-26(15,22)23/h1-2,6,10,16,21H,3-5H2,(H,17,18)(H2,15,22,23)/t10-/m1/s1. The van der Waals surface area contributed by atoms with Crippen molar-refractivity contribution in [3.8, 4) is 0 Å². The maximum atomic E-state index is 13.4. The molecule has 140 valence electrons. The monoisotopic (exact) mass is 402 g/mol. The molecule has 2 aromatic rings. The molecule has 1 aromatic carbocycles. The van der Waals surface area contributed by atoms with Gasteiger partial charge in [0.05, 0.1) is 6.04 Å². The summed E-state index contributed by atoms with van der Waals surface area (Å²) < 4.78 is 41.8. The van der Waals surface area contributed by atoms with E-state index in [9.17, 15) is 18.0 Å². The number of hydrogen-bond acceptors (Lipinski definition) is 8. The van der Waals surface area contributed by atoms with Crippen LogP contribution in [0, 0.1) is 5.82 Å². The molecule has 26 heavy (non-hydrogen) atoms. The molecule has 0 fully saturated rings. The van der Waals surface area contributed by atoms with Gasteiger partial charge in [0.1, 0.15) is 5.82 Å². The Labute approximate surface area is 152 Å². The molecule has 1 heterocycles. The highest BCUT2D eigenvalue weighted by atomic mass is 32.2. The van der Waals surface area contributed by atoms with Gasteiger partial charge in [-0.2, -0.15) is 8.42 Å². The third-order valence-electron chi connectivity index (χ3n) is 3.60. The Morgan fingerprint density at radius 3 is 3.04 bits per heavy atom. The van der Waals surface area contributed by atoms with Gasteiger partial charge in [-0.05, 0) is 40.0 Å². The molecule has 0 unspecified atom stereocenters. The smallest absolute Gasteiger partial charge is 0.274 e. The van der Waals surface area contributed by atoms with Gasteiger partial charge in [0.2, 0.25) is 0 Å². The van der Waals surface area contributed by atoms with Crippen molar-refractivity contribution in [1.29, 1.82) is 0 Å². The van der Waals surface area contributed by atoms with Crippen LogP contribution in [0.2, 0.25) is 0 Å². The molecule has 0 saturated carbocycles. The van der Waals surface area contributed by atoms with Crippen molar-refractivity contribution >= 4 is 27.8 Å². The molecule has 0 aliphatic heterocycles. The molecule has 1 atom stereocenters. The second-order valence-electron chi connectivity index (χ2n) is 5.36. The van der Waals surface area contributed by atoms with Crippen molar-refractivity contribution in [2.24, 2.45) is 10.1 Å². The van der Waals surface area contributed by atoms with Gasteiger partial charge < -0.3 is 0 Å². The van der Waals surface area contributed by atoms with Crippen LogP contribution < -0.4 is 15.3 Å². The van der Waals surface area contributed by atoms with Crippen molar-refractivity contribution in [2.45, 2.75) is 17.5 Å². The lowest BCUT2D eigenvalue weighted by Gasteiger charge is -2.27. The lowest BCUT2D eigenvalue weighted by molar-refractivity contribution is 0.232. The van der Waals surface area contributed by atoms with Crippen molar-refractivity contribution in [2.75, 3.05) is 12.3 Å². The first-order valence-electron chi connectivity index (χ1n) is 7.36. The molecule has 1 aliphatic carbocycles. The van der Waals surface area contributed by atoms with Crippen LogP contribution in [-0.4, -0.2) is 42.1 Å². The van der Waals surface area contributed by atoms with E-state index in [-0.39, 0.29) is 29.9 Å². The van der Waals surface area contributed by atoms with Gasteiger partial charge in [0.15, 0.2) is 16.6 Å². The van der Waals surface area contributed by atoms with Crippen LogP contribution in [0.25, 0.3) is 0 Å². The van der Waals surface area contributed by atoms with Gasteiger partial charge >= 0.3 is 0 Å². The topological polar surface area (TPSA) is 156 Å². The number of fused-ring (bicyclic) bond motifs is 1. The van der Waals surface area contributed by atoms with E-state index in [0.29, 0.717) is 17.2 Å². The van der Waals surface area contributed by atoms with Crippen LogP contribution in [0.15, 0.2) is 32.8 Å². The van der Waals surface area contributed by atoms with E-state index in [1.54, 1.807) is 6.07 Å². The number of thioether (sulfide) groups is 1. The molecule has 3 rings (SSSR count). The molecule has 0 amide bonds. The van der Waals surface area contributed by atoms with Gasteiger partial charge in [0, 0.05) is 12.3 Å². The summed E-state index contributed by atoms with van der Waals surface area (Å²) in [7, 11) is -3.77. The van der Waals surface area contributed by atoms with Crippen molar-refractivity contribution in [3.63, 3.8) is 0 Å². The number of benzene rings is 1. The van der Waals surface area contributed by atoms with E-state index in [1.165, 1.54) is 12.1 Å². The Bertz CT molecular complexity index is 932. The average Bonchev–Trinajstić information content (AvgIpc) is 3.02. The zero-order valence-corrected chi connectivity index (χ0v) is 14.8. The SMILES string of the molecule is NS(=O)(=O)NCCSc1nonc1C(=N[C@@H]1Cc2ccc(F)cc21)NO. The number of nitrogens with two attached hydrogens (primary N) is 1. The summed E-state index contributed by atoms with van der Waals surface area (Å²) in [6.07, 6.45) is 0.604. The minimum absolute atomic E-state index is 0.0214. The number of hydrogen-bond donors (Lipinski definition) is 4. The highest BCUT2D eigenvalue weighted by Gasteiger charge is 2.28. The van der Waals surface area contributed by atoms with Crippen LogP contribution in [0.5, 0.6) is 0 Å². The Morgan fingerprint density at radius 1 is 1.50 bits per heavy atom. The molecule has 5 N–H and O–H groups in total. The lowest BCUT2D eigenvalue weighted by Crippen LogP contribution is -2.32. The minimum atomic E-state index is -3.77. The van der Waals surface area contributed by atoms with E-state index in [4.69, 9.17) is 5.14 Å². The molecule has 1 aliphatic rings. The minimum Gasteiger partial charge on any atom is -0.290 e. The van der Waals surface area contributed by atoms with Crippen LogP contribution in [0.1, 0.15) is 22.9 Å². The van der Waals surface area contributed by atoms with E-state index >= 15 is 0 Å². The molecule has 0 spiro atoms. The number of aliphatic imine (C=N–C) groups is 1. The highest BCUT2D eigenvalue weighted by Crippen LogP contribution is 2.37. The van der Waals surface area contributed by atoms with E-state index in [2.05, 4.69) is 24.7 Å². The third kappa shape index (κ3) is 4.37. The van der Waals surface area contributed by atoms with Crippen molar-refractivity contribution in [1.82, 2.24) is 20.5 Å². The van der Waals surface area contributed by atoms with Crippen LogP contribution in [-0.2, 0) is 16.6 Å². The predicted octanol–water partition coefficient (Wildman–Crippen LogP) is 0.117. The summed E-state index contributed by atoms with van der Waals surface area (Å²) in [6.45, 7) is 0.0735. The molecular formula is C13H15FN6O4S2. The summed E-state index contributed by atoms with van der Waals surface area (Å²) in [4.78, 5) is 4.33. The zero-order valence-electron chi connectivity index (χ0n) is 13.2. The maximum Gasteiger partial charge on any atom is 0.274 e. The number of amidine groups is 1. The summed E-state index contributed by atoms with van der Waals surface area (Å²) >= 11 is 1.14. The third-order valence-corrected chi connectivity index (χ3v) is 5.15. The van der Waals surface area contributed by atoms with Gasteiger partial charge in [-0.3, -0.25) is 15.7 Å². The molecule has 0 radical (unpaired) electrons. The summed E-state index contributed by atoms with van der Waals surface area (Å²) in [5.41, 5.74) is 3.84. The number of nitrogens with zero attached hydrogens (tertiary/aromatic N) is 3. The first kappa shape index (κ1) is 18.7.